The van der Waals surface area contributed by atoms with Gasteiger partial charge in [0.1, 0.15) is 11.4 Å². The molecular formula is C24H24O2. The fraction of sp³-hybridized carbons (Fsp3) is 0.208. The summed E-state index contributed by atoms with van der Waals surface area (Å²) in [5.41, 5.74) is 2.56. The number of benzene rings is 3. The van der Waals surface area contributed by atoms with E-state index in [0.29, 0.717) is 19.4 Å². The van der Waals surface area contributed by atoms with Gasteiger partial charge in [-0.05, 0) is 30.0 Å². The Balaban J connectivity index is 2.10. The topological polar surface area (TPSA) is 26.3 Å². The van der Waals surface area contributed by atoms with E-state index >= 15 is 0 Å². The van der Waals surface area contributed by atoms with Gasteiger partial charge in [-0.1, -0.05) is 91.0 Å². The molecule has 0 saturated heterocycles. The van der Waals surface area contributed by atoms with Crippen LogP contribution in [0.3, 0.4) is 0 Å². The van der Waals surface area contributed by atoms with Crippen LogP contribution in [0.25, 0.3) is 0 Å². The van der Waals surface area contributed by atoms with Gasteiger partial charge in [-0.2, -0.15) is 0 Å². The molecule has 0 aliphatic heterocycles. The Bertz CT molecular complexity index is 714. The molecule has 0 radical (unpaired) electrons. The molecule has 0 amide bonds. The van der Waals surface area contributed by atoms with Crippen molar-refractivity contribution in [2.24, 2.45) is 0 Å². The van der Waals surface area contributed by atoms with E-state index in [1.54, 1.807) is 6.92 Å². The van der Waals surface area contributed by atoms with Gasteiger partial charge in [0.2, 0.25) is 0 Å². The molecule has 3 aromatic carbocycles. The number of hydrogen-bond acceptors (Lipinski definition) is 2. The van der Waals surface area contributed by atoms with Crippen LogP contribution in [-0.4, -0.2) is 12.4 Å². The largest absolute Gasteiger partial charge is 0.361 e. The van der Waals surface area contributed by atoms with Crippen LogP contribution in [0.1, 0.15) is 36.5 Å². The van der Waals surface area contributed by atoms with Gasteiger partial charge in [0.25, 0.3) is 0 Å². The molecule has 3 aromatic rings. The van der Waals surface area contributed by atoms with Gasteiger partial charge in [0.15, 0.2) is 0 Å². The fourth-order valence-corrected chi connectivity index (χ4v) is 3.31. The van der Waals surface area contributed by atoms with Crippen molar-refractivity contribution < 1.29 is 9.53 Å². The lowest BCUT2D eigenvalue weighted by Crippen LogP contribution is -2.33. The lowest BCUT2D eigenvalue weighted by atomic mass is 9.80. The summed E-state index contributed by atoms with van der Waals surface area (Å²) >= 11 is 0. The predicted octanol–water partition coefficient (Wildman–Crippen LogP) is 5.36. The molecule has 0 fully saturated rings. The lowest BCUT2D eigenvalue weighted by Gasteiger charge is -2.36. The average molecular weight is 344 g/mol. The van der Waals surface area contributed by atoms with Crippen LogP contribution >= 0.6 is 0 Å². The summed E-state index contributed by atoms with van der Waals surface area (Å²) in [6, 6.07) is 30.9. The highest BCUT2D eigenvalue weighted by Gasteiger charge is 2.37. The van der Waals surface area contributed by atoms with Crippen LogP contribution in [0.15, 0.2) is 91.0 Å². The molecule has 3 rings (SSSR count). The summed E-state index contributed by atoms with van der Waals surface area (Å²) in [6.07, 6.45) is 1.25. The Kier molecular flexibility index (Phi) is 5.98. The Labute approximate surface area is 155 Å². The van der Waals surface area contributed by atoms with Gasteiger partial charge >= 0.3 is 0 Å². The summed E-state index contributed by atoms with van der Waals surface area (Å²) in [5, 5.41) is 0. The third-order valence-corrected chi connectivity index (χ3v) is 4.53. The highest BCUT2D eigenvalue weighted by Crippen LogP contribution is 2.40. The first kappa shape index (κ1) is 18.1. The normalized spacial score (nSPS) is 11.3. The minimum atomic E-state index is -0.694. The molecule has 0 aliphatic carbocycles. The number of carbonyl (C=O) groups is 1. The van der Waals surface area contributed by atoms with Crippen molar-refractivity contribution in [1.82, 2.24) is 0 Å². The molecule has 0 aromatic heterocycles. The first-order chi connectivity index (χ1) is 12.7. The molecule has 0 N–H and O–H groups in total. The number of ether oxygens (including phenoxy) is 1. The fourth-order valence-electron chi connectivity index (χ4n) is 3.31. The molecule has 0 unspecified atom stereocenters. The molecule has 0 atom stereocenters. The smallest absolute Gasteiger partial charge is 0.143 e. The van der Waals surface area contributed by atoms with E-state index in [0.717, 1.165) is 16.7 Å². The maximum absolute atomic E-state index is 11.3. The van der Waals surface area contributed by atoms with E-state index in [1.165, 1.54) is 0 Å². The minimum absolute atomic E-state index is 0.193. The van der Waals surface area contributed by atoms with E-state index in [1.807, 2.05) is 54.6 Å². The van der Waals surface area contributed by atoms with Crippen LogP contribution in [0.5, 0.6) is 0 Å². The zero-order chi connectivity index (χ0) is 18.2. The Morgan fingerprint density at radius 1 is 0.731 bits per heavy atom. The molecule has 0 bridgehead atoms. The van der Waals surface area contributed by atoms with Crippen molar-refractivity contribution in [3.05, 3.63) is 108 Å². The van der Waals surface area contributed by atoms with E-state index < -0.39 is 5.60 Å². The van der Waals surface area contributed by atoms with Gasteiger partial charge < -0.3 is 9.53 Å². The summed E-state index contributed by atoms with van der Waals surface area (Å²) in [7, 11) is 0. The van der Waals surface area contributed by atoms with Crippen LogP contribution in [0.2, 0.25) is 0 Å². The van der Waals surface area contributed by atoms with Crippen LogP contribution in [0, 0.1) is 0 Å². The van der Waals surface area contributed by atoms with E-state index in [4.69, 9.17) is 4.74 Å². The average Bonchev–Trinajstić information content (AvgIpc) is 2.70. The van der Waals surface area contributed by atoms with E-state index in [9.17, 15) is 4.79 Å². The van der Waals surface area contributed by atoms with Gasteiger partial charge in [-0.25, -0.2) is 0 Å². The molecule has 0 spiro atoms. The molecule has 2 heteroatoms. The third kappa shape index (κ3) is 3.92. The number of ketones is 1. The zero-order valence-electron chi connectivity index (χ0n) is 15.1. The van der Waals surface area contributed by atoms with Crippen molar-refractivity contribution >= 4 is 5.78 Å². The van der Waals surface area contributed by atoms with E-state index in [2.05, 4.69) is 36.4 Å². The maximum Gasteiger partial charge on any atom is 0.143 e. The van der Waals surface area contributed by atoms with Crippen LogP contribution in [0.4, 0.5) is 0 Å². The lowest BCUT2D eigenvalue weighted by molar-refractivity contribution is -0.117. The monoisotopic (exact) mass is 344 g/mol. The summed E-state index contributed by atoms with van der Waals surface area (Å²) in [5.74, 6) is 0.193. The molecular weight excluding hydrogens is 320 g/mol. The quantitative estimate of drug-likeness (QED) is 0.406. The SMILES string of the molecule is CC(=O)CCCOC(c1ccccc1)(c1ccccc1)c1ccccc1. The van der Waals surface area contributed by atoms with Crippen LogP contribution in [-0.2, 0) is 15.1 Å². The summed E-state index contributed by atoms with van der Waals surface area (Å²) in [4.78, 5) is 11.3. The Morgan fingerprint density at radius 3 is 1.46 bits per heavy atom. The van der Waals surface area contributed by atoms with Crippen molar-refractivity contribution in [2.45, 2.75) is 25.4 Å². The summed E-state index contributed by atoms with van der Waals surface area (Å²) < 4.78 is 6.59. The molecule has 2 nitrogen and oxygen atoms in total. The molecule has 0 heterocycles. The van der Waals surface area contributed by atoms with Gasteiger partial charge in [0.05, 0.1) is 0 Å². The maximum atomic E-state index is 11.3. The molecule has 0 saturated carbocycles. The van der Waals surface area contributed by atoms with Gasteiger partial charge in [-0.15, -0.1) is 0 Å². The first-order valence-corrected chi connectivity index (χ1v) is 9.03. The van der Waals surface area contributed by atoms with Crippen molar-refractivity contribution in [3.8, 4) is 0 Å². The van der Waals surface area contributed by atoms with Gasteiger partial charge in [0, 0.05) is 13.0 Å². The highest BCUT2D eigenvalue weighted by molar-refractivity contribution is 5.75. The number of Topliss-reactive ketones (excluding diaryl/α,β-unsaturated/α-hetero) is 1. The predicted molar refractivity (Wildman–Crippen MR) is 105 cm³/mol. The first-order valence-electron chi connectivity index (χ1n) is 9.03. The molecule has 132 valence electrons. The Morgan fingerprint density at radius 2 is 1.12 bits per heavy atom. The Hall–Kier alpha value is -2.71. The second-order valence-electron chi connectivity index (χ2n) is 6.43. The van der Waals surface area contributed by atoms with Crippen molar-refractivity contribution in [3.63, 3.8) is 0 Å². The van der Waals surface area contributed by atoms with Crippen molar-refractivity contribution in [1.29, 1.82) is 0 Å². The molecule has 0 aliphatic rings. The van der Waals surface area contributed by atoms with E-state index in [-0.39, 0.29) is 5.78 Å². The second-order valence-corrected chi connectivity index (χ2v) is 6.43. The van der Waals surface area contributed by atoms with Gasteiger partial charge in [-0.3, -0.25) is 0 Å². The van der Waals surface area contributed by atoms with Crippen molar-refractivity contribution in [2.75, 3.05) is 6.61 Å². The number of carbonyl (C=O) groups excluding carboxylic acids is 1. The second kappa shape index (κ2) is 8.59. The number of rotatable bonds is 8. The summed E-state index contributed by atoms with van der Waals surface area (Å²) in [6.45, 7) is 2.14. The standard InChI is InChI=1S/C24H24O2/c1-20(25)12-11-19-26-24(21-13-5-2-6-14-21,22-15-7-3-8-16-22)23-17-9-4-10-18-23/h2-10,13-18H,11-12,19H2,1H3. The minimum Gasteiger partial charge on any atom is -0.361 e. The third-order valence-electron chi connectivity index (χ3n) is 4.53. The zero-order valence-corrected chi connectivity index (χ0v) is 15.1. The highest BCUT2D eigenvalue weighted by atomic mass is 16.5. The number of hydrogen-bond donors (Lipinski definition) is 0. The molecule has 26 heavy (non-hydrogen) atoms. The van der Waals surface area contributed by atoms with Crippen LogP contribution < -0.4 is 0 Å².